The molecule has 0 radical (unpaired) electrons. The van der Waals surface area contributed by atoms with E-state index >= 15 is 0 Å². The summed E-state index contributed by atoms with van der Waals surface area (Å²) in [6, 6.07) is 3.31. The van der Waals surface area contributed by atoms with Gasteiger partial charge < -0.3 is 10.2 Å². The molecule has 1 aromatic rings. The molecule has 2 aliphatic heterocycles. The zero-order valence-electron chi connectivity index (χ0n) is 17.4. The van der Waals surface area contributed by atoms with E-state index in [1.807, 2.05) is 6.92 Å². The van der Waals surface area contributed by atoms with E-state index in [0.717, 1.165) is 49.7 Å². The van der Waals surface area contributed by atoms with Crippen molar-refractivity contribution in [2.24, 2.45) is 9.98 Å². The second kappa shape index (κ2) is 8.70. The molecule has 152 valence electrons. The summed E-state index contributed by atoms with van der Waals surface area (Å²) in [6.45, 7) is 11.8. The van der Waals surface area contributed by atoms with Crippen molar-refractivity contribution in [3.63, 3.8) is 0 Å². The molecule has 7 heteroatoms. The SMILES string of the molecule is CCC1C(C(=Nc2cc(F)c(Cl)cc2C)N2CCNCC2)=NC(C)C(C)=[N+]1C. The summed E-state index contributed by atoms with van der Waals surface area (Å²) in [4.78, 5) is 12.3. The zero-order chi connectivity index (χ0) is 20.4. The number of amidine groups is 1. The Morgan fingerprint density at radius 2 is 2.04 bits per heavy atom. The van der Waals surface area contributed by atoms with Crippen LogP contribution < -0.4 is 5.32 Å². The molecule has 0 bridgehead atoms. The van der Waals surface area contributed by atoms with Crippen molar-refractivity contribution in [1.29, 1.82) is 0 Å². The monoisotopic (exact) mass is 406 g/mol. The molecule has 0 aliphatic carbocycles. The van der Waals surface area contributed by atoms with Gasteiger partial charge in [-0.3, -0.25) is 4.99 Å². The van der Waals surface area contributed by atoms with Gasteiger partial charge in [0.2, 0.25) is 0 Å². The minimum atomic E-state index is -0.446. The van der Waals surface area contributed by atoms with E-state index in [0.29, 0.717) is 5.69 Å². The number of hydrogen-bond donors (Lipinski definition) is 1. The fourth-order valence-corrected chi connectivity index (χ4v) is 4.04. The molecular formula is C21H30ClFN5+. The van der Waals surface area contributed by atoms with Gasteiger partial charge in [-0.25, -0.2) is 14.0 Å². The van der Waals surface area contributed by atoms with Gasteiger partial charge in [-0.05, 0) is 25.5 Å². The first-order valence-electron chi connectivity index (χ1n) is 9.97. The second-order valence-corrected chi connectivity index (χ2v) is 8.00. The highest BCUT2D eigenvalue weighted by Gasteiger charge is 2.36. The van der Waals surface area contributed by atoms with Crippen LogP contribution in [0.15, 0.2) is 22.1 Å². The number of aliphatic imine (C=N–C) groups is 2. The summed E-state index contributed by atoms with van der Waals surface area (Å²) in [5.41, 5.74) is 3.70. The lowest BCUT2D eigenvalue weighted by Gasteiger charge is -2.33. The molecule has 0 aromatic heterocycles. The van der Waals surface area contributed by atoms with Gasteiger partial charge >= 0.3 is 0 Å². The van der Waals surface area contributed by atoms with Crippen LogP contribution in [0.4, 0.5) is 10.1 Å². The molecule has 0 saturated carbocycles. The number of hydrogen-bond acceptors (Lipinski definition) is 3. The molecule has 1 N–H and O–H groups in total. The Morgan fingerprint density at radius 3 is 2.68 bits per heavy atom. The zero-order valence-corrected chi connectivity index (χ0v) is 18.1. The number of aryl methyl sites for hydroxylation is 1. The molecule has 28 heavy (non-hydrogen) atoms. The van der Waals surface area contributed by atoms with E-state index in [-0.39, 0.29) is 17.1 Å². The molecule has 2 atom stereocenters. The first kappa shape index (κ1) is 20.9. The third-order valence-electron chi connectivity index (χ3n) is 5.77. The number of benzene rings is 1. The van der Waals surface area contributed by atoms with Gasteiger partial charge in [0.25, 0.3) is 0 Å². The van der Waals surface area contributed by atoms with Gasteiger partial charge in [-0.15, -0.1) is 0 Å². The van der Waals surface area contributed by atoms with Crippen molar-refractivity contribution in [2.45, 2.75) is 46.2 Å². The fourth-order valence-electron chi connectivity index (χ4n) is 3.82. The lowest BCUT2D eigenvalue weighted by atomic mass is 10.0. The lowest BCUT2D eigenvalue weighted by Crippen LogP contribution is -2.54. The topological polar surface area (TPSA) is 43.0 Å². The summed E-state index contributed by atoms with van der Waals surface area (Å²) in [7, 11) is 2.12. The maximum absolute atomic E-state index is 14.1. The average molecular weight is 407 g/mol. The summed E-state index contributed by atoms with van der Waals surface area (Å²) < 4.78 is 16.5. The average Bonchev–Trinajstić information content (AvgIpc) is 2.68. The smallest absolute Gasteiger partial charge is 0.197 e. The summed E-state index contributed by atoms with van der Waals surface area (Å²) in [5, 5.41) is 3.51. The van der Waals surface area contributed by atoms with Crippen LogP contribution in [0.1, 0.15) is 32.8 Å². The van der Waals surface area contributed by atoms with Crippen molar-refractivity contribution in [3.8, 4) is 0 Å². The predicted molar refractivity (Wildman–Crippen MR) is 116 cm³/mol. The maximum atomic E-state index is 14.1. The van der Waals surface area contributed by atoms with Crippen molar-refractivity contribution >= 4 is 34.5 Å². The van der Waals surface area contributed by atoms with Gasteiger partial charge in [0, 0.05) is 45.6 Å². The van der Waals surface area contributed by atoms with Crippen LogP contribution >= 0.6 is 11.6 Å². The van der Waals surface area contributed by atoms with Gasteiger partial charge in [0.15, 0.2) is 17.6 Å². The quantitative estimate of drug-likeness (QED) is 0.474. The highest BCUT2D eigenvalue weighted by atomic mass is 35.5. The Morgan fingerprint density at radius 1 is 1.36 bits per heavy atom. The van der Waals surface area contributed by atoms with Gasteiger partial charge in [-0.1, -0.05) is 18.5 Å². The Kier molecular flexibility index (Phi) is 6.50. The van der Waals surface area contributed by atoms with E-state index in [9.17, 15) is 4.39 Å². The summed E-state index contributed by atoms with van der Waals surface area (Å²) >= 11 is 5.94. The fraction of sp³-hybridized carbons (Fsp3) is 0.571. The van der Waals surface area contributed by atoms with Crippen molar-refractivity contribution in [1.82, 2.24) is 10.2 Å². The van der Waals surface area contributed by atoms with Crippen LogP contribution in [0.5, 0.6) is 0 Å². The number of halogens is 2. The van der Waals surface area contributed by atoms with E-state index in [1.165, 1.54) is 11.8 Å². The summed E-state index contributed by atoms with van der Waals surface area (Å²) in [5.74, 6) is 0.405. The maximum Gasteiger partial charge on any atom is 0.197 e. The van der Waals surface area contributed by atoms with Crippen molar-refractivity contribution < 1.29 is 8.97 Å². The molecule has 2 heterocycles. The highest BCUT2D eigenvalue weighted by molar-refractivity contribution is 6.44. The number of nitrogens with zero attached hydrogens (tertiary/aromatic N) is 4. The molecule has 2 aliphatic rings. The first-order valence-corrected chi connectivity index (χ1v) is 10.4. The molecule has 5 nitrogen and oxygen atoms in total. The first-order chi connectivity index (χ1) is 13.3. The van der Waals surface area contributed by atoms with Gasteiger partial charge in [0.1, 0.15) is 24.6 Å². The standard InChI is InChI=1S/C21H30ClFN5/c1-6-19-20(25-14(3)15(4)27(19)5)21(28-9-7-24-8-10-28)26-18-12-17(23)16(22)11-13(18)2/h11-12,14,19,24H,6-10H2,1-5H3/q+1. The summed E-state index contributed by atoms with van der Waals surface area (Å²) in [6.07, 6.45) is 0.929. The molecule has 1 fully saturated rings. The predicted octanol–water partition coefficient (Wildman–Crippen LogP) is 3.45. The Bertz CT molecular complexity index is 839. The molecule has 2 unspecified atom stereocenters. The Labute approximate surface area is 172 Å². The lowest BCUT2D eigenvalue weighted by molar-refractivity contribution is -0.522. The number of rotatable bonds is 3. The van der Waals surface area contributed by atoms with Crippen LogP contribution in [-0.4, -0.2) is 72.0 Å². The van der Waals surface area contributed by atoms with Crippen LogP contribution in [0.25, 0.3) is 0 Å². The van der Waals surface area contributed by atoms with E-state index in [4.69, 9.17) is 21.6 Å². The van der Waals surface area contributed by atoms with E-state index in [1.54, 1.807) is 6.07 Å². The van der Waals surface area contributed by atoms with Gasteiger partial charge in [0.05, 0.1) is 10.7 Å². The van der Waals surface area contributed by atoms with Gasteiger partial charge in [-0.2, -0.15) is 0 Å². The van der Waals surface area contributed by atoms with Crippen LogP contribution in [-0.2, 0) is 0 Å². The van der Waals surface area contributed by atoms with Crippen LogP contribution in [0, 0.1) is 12.7 Å². The molecule has 1 saturated heterocycles. The van der Waals surface area contributed by atoms with E-state index in [2.05, 4.69) is 42.6 Å². The van der Waals surface area contributed by atoms with Crippen LogP contribution in [0.2, 0.25) is 5.02 Å². The molecule has 3 rings (SSSR count). The third-order valence-corrected chi connectivity index (χ3v) is 6.06. The molecule has 0 spiro atoms. The second-order valence-electron chi connectivity index (χ2n) is 7.59. The highest BCUT2D eigenvalue weighted by Crippen LogP contribution is 2.27. The molecule has 0 amide bonds. The number of nitrogens with one attached hydrogen (secondary N) is 1. The Hall–Kier alpha value is -1.79. The van der Waals surface area contributed by atoms with Crippen LogP contribution in [0.3, 0.4) is 0 Å². The van der Waals surface area contributed by atoms with E-state index < -0.39 is 5.82 Å². The number of piperazine rings is 1. The largest absolute Gasteiger partial charge is 0.352 e. The van der Waals surface area contributed by atoms with Crippen molar-refractivity contribution in [3.05, 3.63) is 28.5 Å². The Balaban J connectivity index is 2.13. The third kappa shape index (κ3) is 4.13. The minimum absolute atomic E-state index is 0.0963. The van der Waals surface area contributed by atoms with Crippen molar-refractivity contribution in [2.75, 3.05) is 33.2 Å². The normalized spacial score (nSPS) is 23.9. The molecular weight excluding hydrogens is 377 g/mol. The molecule has 1 aromatic carbocycles. The minimum Gasteiger partial charge on any atom is -0.352 e.